The van der Waals surface area contributed by atoms with Gasteiger partial charge < -0.3 is 9.52 Å². The van der Waals surface area contributed by atoms with Crippen LogP contribution in [0.2, 0.25) is 0 Å². The van der Waals surface area contributed by atoms with Crippen LogP contribution >= 0.6 is 0 Å². The van der Waals surface area contributed by atoms with Gasteiger partial charge in [0.25, 0.3) is 0 Å². The Labute approximate surface area is 79.6 Å². The second-order valence-electron chi connectivity index (χ2n) is 2.86. The SMILES string of the molecule is Cn1nc(-c2ccoc2)cc1C(=O)O. The van der Waals surface area contributed by atoms with Gasteiger partial charge in [0.05, 0.1) is 18.2 Å². The van der Waals surface area contributed by atoms with E-state index in [1.807, 2.05) is 0 Å². The molecule has 0 aromatic carbocycles. The third-order valence-electron chi connectivity index (χ3n) is 1.92. The number of hydrogen-bond acceptors (Lipinski definition) is 3. The third kappa shape index (κ3) is 1.28. The molecular weight excluding hydrogens is 184 g/mol. The van der Waals surface area contributed by atoms with Gasteiger partial charge in [-0.2, -0.15) is 5.10 Å². The van der Waals surface area contributed by atoms with Crippen LogP contribution in [0.25, 0.3) is 11.3 Å². The Morgan fingerprint density at radius 2 is 2.43 bits per heavy atom. The maximum atomic E-state index is 10.7. The fourth-order valence-corrected chi connectivity index (χ4v) is 1.22. The van der Waals surface area contributed by atoms with E-state index in [0.717, 1.165) is 5.56 Å². The molecule has 14 heavy (non-hydrogen) atoms. The molecule has 0 saturated carbocycles. The van der Waals surface area contributed by atoms with E-state index in [1.54, 1.807) is 13.1 Å². The van der Waals surface area contributed by atoms with Crippen LogP contribution in [0, 0.1) is 0 Å². The van der Waals surface area contributed by atoms with Crippen molar-refractivity contribution in [3.63, 3.8) is 0 Å². The molecule has 0 aliphatic rings. The average molecular weight is 192 g/mol. The first-order valence-corrected chi connectivity index (χ1v) is 3.98. The molecule has 0 saturated heterocycles. The highest BCUT2D eigenvalue weighted by Crippen LogP contribution is 2.18. The molecule has 1 N–H and O–H groups in total. The number of hydrogen-bond donors (Lipinski definition) is 1. The molecule has 0 amide bonds. The van der Waals surface area contributed by atoms with Crippen molar-refractivity contribution in [3.8, 4) is 11.3 Å². The quantitative estimate of drug-likeness (QED) is 0.780. The van der Waals surface area contributed by atoms with E-state index in [-0.39, 0.29) is 5.69 Å². The van der Waals surface area contributed by atoms with Gasteiger partial charge >= 0.3 is 5.97 Å². The molecule has 72 valence electrons. The first kappa shape index (κ1) is 8.55. The summed E-state index contributed by atoms with van der Waals surface area (Å²) in [5.41, 5.74) is 1.52. The van der Waals surface area contributed by atoms with Gasteiger partial charge in [-0.15, -0.1) is 0 Å². The van der Waals surface area contributed by atoms with Gasteiger partial charge in [0.15, 0.2) is 0 Å². The summed E-state index contributed by atoms with van der Waals surface area (Å²) >= 11 is 0. The van der Waals surface area contributed by atoms with Gasteiger partial charge in [0, 0.05) is 12.6 Å². The molecule has 0 bridgehead atoms. The second-order valence-corrected chi connectivity index (χ2v) is 2.86. The largest absolute Gasteiger partial charge is 0.477 e. The van der Waals surface area contributed by atoms with Crippen LogP contribution in [0.1, 0.15) is 10.5 Å². The number of aryl methyl sites for hydroxylation is 1. The summed E-state index contributed by atoms with van der Waals surface area (Å²) in [4.78, 5) is 10.7. The molecule has 5 nitrogen and oxygen atoms in total. The van der Waals surface area contributed by atoms with Crippen molar-refractivity contribution in [1.29, 1.82) is 0 Å². The Morgan fingerprint density at radius 3 is 2.93 bits per heavy atom. The van der Waals surface area contributed by atoms with Gasteiger partial charge in [-0.1, -0.05) is 0 Å². The van der Waals surface area contributed by atoms with Gasteiger partial charge in [-0.05, 0) is 12.1 Å². The number of nitrogens with zero attached hydrogens (tertiary/aromatic N) is 2. The van der Waals surface area contributed by atoms with Crippen molar-refractivity contribution >= 4 is 5.97 Å². The molecular formula is C9H8N2O3. The van der Waals surface area contributed by atoms with Crippen molar-refractivity contribution < 1.29 is 14.3 Å². The summed E-state index contributed by atoms with van der Waals surface area (Å²) < 4.78 is 6.21. The van der Waals surface area contributed by atoms with Crippen LogP contribution in [0.4, 0.5) is 0 Å². The summed E-state index contributed by atoms with van der Waals surface area (Å²) in [5.74, 6) is -0.991. The molecule has 0 aliphatic carbocycles. The van der Waals surface area contributed by atoms with Crippen LogP contribution in [0.5, 0.6) is 0 Å². The Kier molecular flexibility index (Phi) is 1.85. The van der Waals surface area contributed by atoms with E-state index in [1.165, 1.54) is 23.3 Å². The van der Waals surface area contributed by atoms with Gasteiger partial charge in [-0.25, -0.2) is 4.79 Å². The summed E-state index contributed by atoms with van der Waals surface area (Å²) in [6, 6.07) is 3.24. The van der Waals surface area contributed by atoms with Gasteiger partial charge in [0.2, 0.25) is 0 Å². The number of carboxylic acids is 1. The molecule has 0 radical (unpaired) electrons. The minimum atomic E-state index is -0.991. The molecule has 0 spiro atoms. The molecule has 2 heterocycles. The van der Waals surface area contributed by atoms with Crippen molar-refractivity contribution in [2.75, 3.05) is 0 Å². The summed E-state index contributed by atoms with van der Waals surface area (Å²) in [5, 5.41) is 12.8. The highest BCUT2D eigenvalue weighted by atomic mass is 16.4. The van der Waals surface area contributed by atoms with Crippen LogP contribution in [0.15, 0.2) is 29.1 Å². The first-order chi connectivity index (χ1) is 6.68. The summed E-state index contributed by atoms with van der Waals surface area (Å²) in [6.07, 6.45) is 3.04. The predicted octanol–water partition coefficient (Wildman–Crippen LogP) is 1.38. The lowest BCUT2D eigenvalue weighted by atomic mass is 10.2. The molecule has 0 fully saturated rings. The van der Waals surface area contributed by atoms with Crippen molar-refractivity contribution in [2.45, 2.75) is 0 Å². The number of carboxylic acid groups (broad SMARTS) is 1. The minimum absolute atomic E-state index is 0.154. The Balaban J connectivity index is 2.48. The monoisotopic (exact) mass is 192 g/mol. The zero-order valence-electron chi connectivity index (χ0n) is 7.47. The zero-order valence-corrected chi connectivity index (χ0v) is 7.47. The number of furan rings is 1. The second kappa shape index (κ2) is 3.02. The van der Waals surface area contributed by atoms with E-state index < -0.39 is 5.97 Å². The molecule has 2 aromatic rings. The summed E-state index contributed by atoms with van der Waals surface area (Å²) in [6.45, 7) is 0. The molecule has 5 heteroatoms. The lowest BCUT2D eigenvalue weighted by Gasteiger charge is -1.91. The smallest absolute Gasteiger partial charge is 0.354 e. The average Bonchev–Trinajstić information content (AvgIpc) is 2.70. The van der Waals surface area contributed by atoms with E-state index in [4.69, 9.17) is 9.52 Å². The number of aromatic nitrogens is 2. The minimum Gasteiger partial charge on any atom is -0.477 e. The van der Waals surface area contributed by atoms with Crippen molar-refractivity contribution in [1.82, 2.24) is 9.78 Å². The van der Waals surface area contributed by atoms with Crippen LogP contribution in [-0.4, -0.2) is 20.9 Å². The normalized spacial score (nSPS) is 10.4. The number of carbonyl (C=O) groups is 1. The van der Waals surface area contributed by atoms with E-state index in [9.17, 15) is 4.79 Å². The molecule has 0 aliphatic heterocycles. The zero-order chi connectivity index (χ0) is 10.1. The lowest BCUT2D eigenvalue weighted by Crippen LogP contribution is -2.04. The van der Waals surface area contributed by atoms with E-state index in [0.29, 0.717) is 5.69 Å². The molecule has 0 atom stereocenters. The Bertz CT molecular complexity index is 456. The highest BCUT2D eigenvalue weighted by molar-refractivity contribution is 5.87. The topological polar surface area (TPSA) is 68.3 Å². The Morgan fingerprint density at radius 1 is 1.64 bits per heavy atom. The maximum absolute atomic E-state index is 10.7. The molecule has 2 aromatic heterocycles. The van der Waals surface area contributed by atoms with Crippen molar-refractivity contribution in [2.24, 2.45) is 7.05 Å². The molecule has 2 rings (SSSR count). The standard InChI is InChI=1S/C9H8N2O3/c1-11-8(9(12)13)4-7(10-11)6-2-3-14-5-6/h2-5H,1H3,(H,12,13). The number of rotatable bonds is 2. The van der Waals surface area contributed by atoms with Crippen LogP contribution < -0.4 is 0 Å². The highest BCUT2D eigenvalue weighted by Gasteiger charge is 2.12. The van der Waals surface area contributed by atoms with Crippen LogP contribution in [0.3, 0.4) is 0 Å². The maximum Gasteiger partial charge on any atom is 0.354 e. The van der Waals surface area contributed by atoms with Crippen molar-refractivity contribution in [3.05, 3.63) is 30.4 Å². The van der Waals surface area contributed by atoms with Crippen LogP contribution in [-0.2, 0) is 7.05 Å². The van der Waals surface area contributed by atoms with Gasteiger partial charge in [0.1, 0.15) is 5.69 Å². The summed E-state index contributed by atoms with van der Waals surface area (Å²) in [7, 11) is 1.59. The predicted molar refractivity (Wildman–Crippen MR) is 47.9 cm³/mol. The number of aromatic carboxylic acids is 1. The first-order valence-electron chi connectivity index (χ1n) is 3.98. The fourth-order valence-electron chi connectivity index (χ4n) is 1.22. The third-order valence-corrected chi connectivity index (χ3v) is 1.92. The Hall–Kier alpha value is -2.04. The molecule has 0 unspecified atom stereocenters. The fraction of sp³-hybridized carbons (Fsp3) is 0.111. The van der Waals surface area contributed by atoms with Gasteiger partial charge in [-0.3, -0.25) is 4.68 Å². The van der Waals surface area contributed by atoms with E-state index >= 15 is 0 Å². The lowest BCUT2D eigenvalue weighted by molar-refractivity contribution is 0.0685. The van der Waals surface area contributed by atoms with E-state index in [2.05, 4.69) is 5.10 Å².